The average Bonchev–Trinajstić information content (AvgIpc) is 2.33. The molecule has 1 N–H and O–H groups in total. The van der Waals surface area contributed by atoms with E-state index < -0.39 is 0 Å². The number of rotatable bonds is 2. The molecule has 1 aromatic carbocycles. The van der Waals surface area contributed by atoms with Crippen LogP contribution in [-0.2, 0) is 0 Å². The van der Waals surface area contributed by atoms with E-state index in [2.05, 4.69) is 29.4 Å². The lowest BCUT2D eigenvalue weighted by Crippen LogP contribution is -1.96. The van der Waals surface area contributed by atoms with Gasteiger partial charge in [0.25, 0.3) is 0 Å². The Balaban J connectivity index is 2.35. The smallest absolute Gasteiger partial charge is 0.101 e. The van der Waals surface area contributed by atoms with Gasteiger partial charge in [0.1, 0.15) is 6.07 Å². The molecular formula is C14H13N3. The number of hydrogen-bond acceptors (Lipinski definition) is 3. The lowest BCUT2D eigenvalue weighted by molar-refractivity contribution is 1.29. The Hall–Kier alpha value is -2.34. The maximum Gasteiger partial charge on any atom is 0.101 e. The highest BCUT2D eigenvalue weighted by Crippen LogP contribution is 2.22. The molecule has 0 saturated heterocycles. The normalized spacial score (nSPS) is 9.71. The van der Waals surface area contributed by atoms with Gasteiger partial charge in [0, 0.05) is 11.9 Å². The molecule has 0 aliphatic heterocycles. The van der Waals surface area contributed by atoms with E-state index >= 15 is 0 Å². The summed E-state index contributed by atoms with van der Waals surface area (Å²) in [5, 5.41) is 12.2. The van der Waals surface area contributed by atoms with E-state index in [1.807, 2.05) is 19.1 Å². The van der Waals surface area contributed by atoms with Crippen LogP contribution in [0.15, 0.2) is 36.7 Å². The van der Waals surface area contributed by atoms with Gasteiger partial charge in [0.2, 0.25) is 0 Å². The van der Waals surface area contributed by atoms with E-state index in [-0.39, 0.29) is 0 Å². The van der Waals surface area contributed by atoms with Gasteiger partial charge < -0.3 is 5.32 Å². The summed E-state index contributed by atoms with van der Waals surface area (Å²) in [7, 11) is 0. The maximum absolute atomic E-state index is 8.99. The van der Waals surface area contributed by atoms with Crippen molar-refractivity contribution in [3.05, 3.63) is 53.3 Å². The van der Waals surface area contributed by atoms with Crippen LogP contribution in [0.3, 0.4) is 0 Å². The van der Waals surface area contributed by atoms with E-state index in [1.165, 1.54) is 5.56 Å². The molecule has 0 fully saturated rings. The molecule has 0 saturated carbocycles. The predicted molar refractivity (Wildman–Crippen MR) is 68.2 cm³/mol. The highest BCUT2D eigenvalue weighted by atomic mass is 14.9. The first kappa shape index (κ1) is 11.2. The Morgan fingerprint density at radius 2 is 2.00 bits per heavy atom. The zero-order valence-electron chi connectivity index (χ0n) is 9.86. The van der Waals surface area contributed by atoms with Gasteiger partial charge in [-0.05, 0) is 31.5 Å². The van der Waals surface area contributed by atoms with Gasteiger partial charge in [-0.25, -0.2) is 0 Å². The van der Waals surface area contributed by atoms with Gasteiger partial charge in [-0.3, -0.25) is 4.98 Å². The van der Waals surface area contributed by atoms with Gasteiger partial charge in [0.15, 0.2) is 0 Å². The van der Waals surface area contributed by atoms with Crippen LogP contribution in [0.4, 0.5) is 11.4 Å². The molecule has 1 aromatic heterocycles. The minimum atomic E-state index is 0.597. The number of anilines is 2. The number of hydrogen-bond donors (Lipinski definition) is 1. The summed E-state index contributed by atoms with van der Waals surface area (Å²) in [6.07, 6.45) is 3.28. The molecule has 3 heteroatoms. The van der Waals surface area contributed by atoms with Gasteiger partial charge in [0.05, 0.1) is 17.4 Å². The quantitative estimate of drug-likeness (QED) is 0.849. The molecule has 0 amide bonds. The molecule has 3 nitrogen and oxygen atoms in total. The first-order valence-electron chi connectivity index (χ1n) is 5.39. The SMILES string of the molecule is Cc1ccc(Nc2cnccc2C#N)c(C)c1. The molecule has 0 unspecified atom stereocenters. The second kappa shape index (κ2) is 4.67. The largest absolute Gasteiger partial charge is 0.353 e. The van der Waals surface area contributed by atoms with Crippen molar-refractivity contribution in [3.8, 4) is 6.07 Å². The summed E-state index contributed by atoms with van der Waals surface area (Å²) in [6.45, 7) is 4.10. The maximum atomic E-state index is 8.99. The molecule has 17 heavy (non-hydrogen) atoms. The highest BCUT2D eigenvalue weighted by molar-refractivity contribution is 5.67. The molecular weight excluding hydrogens is 210 g/mol. The zero-order chi connectivity index (χ0) is 12.3. The van der Waals surface area contributed by atoms with Crippen molar-refractivity contribution in [3.63, 3.8) is 0 Å². The summed E-state index contributed by atoms with van der Waals surface area (Å²) >= 11 is 0. The van der Waals surface area contributed by atoms with Crippen LogP contribution in [0.2, 0.25) is 0 Å². The monoisotopic (exact) mass is 223 g/mol. The molecule has 2 rings (SSSR count). The summed E-state index contributed by atoms with van der Waals surface area (Å²) in [4.78, 5) is 4.02. The predicted octanol–water partition coefficient (Wildman–Crippen LogP) is 3.31. The van der Waals surface area contributed by atoms with E-state index in [4.69, 9.17) is 5.26 Å². The summed E-state index contributed by atoms with van der Waals surface area (Å²) in [6, 6.07) is 10.00. The zero-order valence-corrected chi connectivity index (χ0v) is 9.86. The number of pyridine rings is 1. The standard InChI is InChI=1S/C14H13N3/c1-10-3-4-13(11(2)7-10)17-14-9-16-6-5-12(14)8-15/h3-7,9,17H,1-2H3. The van der Waals surface area contributed by atoms with E-state index in [0.717, 1.165) is 16.9 Å². The summed E-state index contributed by atoms with van der Waals surface area (Å²) in [5.41, 5.74) is 4.71. The molecule has 0 bridgehead atoms. The van der Waals surface area contributed by atoms with Crippen LogP contribution in [-0.4, -0.2) is 4.98 Å². The molecule has 0 aliphatic rings. The van der Waals surface area contributed by atoms with Crippen LogP contribution >= 0.6 is 0 Å². The molecule has 1 heterocycles. The molecule has 84 valence electrons. The third-order valence-electron chi connectivity index (χ3n) is 2.59. The van der Waals surface area contributed by atoms with Crippen LogP contribution in [0, 0.1) is 25.2 Å². The van der Waals surface area contributed by atoms with Crippen molar-refractivity contribution in [2.45, 2.75) is 13.8 Å². The van der Waals surface area contributed by atoms with Crippen LogP contribution < -0.4 is 5.32 Å². The first-order valence-corrected chi connectivity index (χ1v) is 5.39. The Bertz CT molecular complexity index is 582. The van der Waals surface area contributed by atoms with Crippen molar-refractivity contribution >= 4 is 11.4 Å². The van der Waals surface area contributed by atoms with E-state index in [9.17, 15) is 0 Å². The Labute approximate surface area is 101 Å². The third kappa shape index (κ3) is 2.43. The minimum Gasteiger partial charge on any atom is -0.353 e. The Morgan fingerprint density at radius 1 is 1.18 bits per heavy atom. The first-order chi connectivity index (χ1) is 8.20. The van der Waals surface area contributed by atoms with Gasteiger partial charge in [-0.2, -0.15) is 5.26 Å². The molecule has 0 atom stereocenters. The second-order valence-corrected chi connectivity index (χ2v) is 3.98. The molecule has 0 radical (unpaired) electrons. The Morgan fingerprint density at radius 3 is 2.71 bits per heavy atom. The van der Waals surface area contributed by atoms with Crippen LogP contribution in [0.5, 0.6) is 0 Å². The topological polar surface area (TPSA) is 48.7 Å². The van der Waals surface area contributed by atoms with Crippen LogP contribution in [0.1, 0.15) is 16.7 Å². The Kier molecular flexibility index (Phi) is 3.06. The number of nitrogens with zero attached hydrogens (tertiary/aromatic N) is 2. The van der Waals surface area contributed by atoms with Crippen molar-refractivity contribution in [1.29, 1.82) is 5.26 Å². The van der Waals surface area contributed by atoms with Crippen molar-refractivity contribution in [2.75, 3.05) is 5.32 Å². The summed E-state index contributed by atoms with van der Waals surface area (Å²) in [5.74, 6) is 0. The molecule has 0 spiro atoms. The fourth-order valence-electron chi connectivity index (χ4n) is 1.69. The second-order valence-electron chi connectivity index (χ2n) is 3.98. The fourth-order valence-corrected chi connectivity index (χ4v) is 1.69. The van der Waals surface area contributed by atoms with Gasteiger partial charge >= 0.3 is 0 Å². The number of nitriles is 1. The van der Waals surface area contributed by atoms with Gasteiger partial charge in [-0.1, -0.05) is 17.7 Å². The van der Waals surface area contributed by atoms with Crippen molar-refractivity contribution in [2.24, 2.45) is 0 Å². The van der Waals surface area contributed by atoms with E-state index in [1.54, 1.807) is 18.5 Å². The number of nitrogens with one attached hydrogen (secondary N) is 1. The van der Waals surface area contributed by atoms with Crippen LogP contribution in [0.25, 0.3) is 0 Å². The van der Waals surface area contributed by atoms with E-state index in [0.29, 0.717) is 5.56 Å². The summed E-state index contributed by atoms with van der Waals surface area (Å²) < 4.78 is 0. The number of aryl methyl sites for hydroxylation is 2. The third-order valence-corrected chi connectivity index (χ3v) is 2.59. The number of aromatic nitrogens is 1. The molecule has 2 aromatic rings. The fraction of sp³-hybridized carbons (Fsp3) is 0.143. The number of benzene rings is 1. The van der Waals surface area contributed by atoms with Gasteiger partial charge in [-0.15, -0.1) is 0 Å². The van der Waals surface area contributed by atoms with Crippen molar-refractivity contribution < 1.29 is 0 Å². The average molecular weight is 223 g/mol. The van der Waals surface area contributed by atoms with Crippen molar-refractivity contribution in [1.82, 2.24) is 4.98 Å². The molecule has 0 aliphatic carbocycles. The lowest BCUT2D eigenvalue weighted by atomic mass is 10.1. The highest BCUT2D eigenvalue weighted by Gasteiger charge is 2.03. The lowest BCUT2D eigenvalue weighted by Gasteiger charge is -2.10. The minimum absolute atomic E-state index is 0.597.